The Morgan fingerprint density at radius 1 is 0.905 bits per heavy atom. The van der Waals surface area contributed by atoms with E-state index in [1.165, 1.54) is 57.8 Å². The van der Waals surface area contributed by atoms with E-state index < -0.39 is 5.54 Å². The third-order valence-corrected chi connectivity index (χ3v) is 4.63. The predicted octanol–water partition coefficient (Wildman–Crippen LogP) is 4.72. The smallest absolute Gasteiger partial charge is 0.326 e. The Morgan fingerprint density at radius 2 is 1.38 bits per heavy atom. The minimum atomic E-state index is -0.668. The van der Waals surface area contributed by atoms with Crippen molar-refractivity contribution in [1.82, 2.24) is 0 Å². The van der Waals surface area contributed by atoms with E-state index in [1.54, 1.807) is 0 Å². The molecule has 0 bridgehead atoms. The SMILES string of the molecule is CCCCCCCCCCCCOC(=O)C1(N)CCCC1. The molecular weight excluding hydrogens is 262 g/mol. The highest BCUT2D eigenvalue weighted by atomic mass is 16.5. The molecular formula is C18H35NO2. The second-order valence-electron chi connectivity index (χ2n) is 6.68. The summed E-state index contributed by atoms with van der Waals surface area (Å²) in [7, 11) is 0. The number of nitrogens with two attached hydrogens (primary N) is 1. The number of rotatable bonds is 12. The lowest BCUT2D eigenvalue weighted by Crippen LogP contribution is -2.46. The van der Waals surface area contributed by atoms with Crippen molar-refractivity contribution in [2.75, 3.05) is 6.61 Å². The number of carbonyl (C=O) groups is 1. The first-order valence-electron chi connectivity index (χ1n) is 9.15. The van der Waals surface area contributed by atoms with Crippen LogP contribution in [0, 0.1) is 0 Å². The highest BCUT2D eigenvalue weighted by Gasteiger charge is 2.38. The van der Waals surface area contributed by atoms with Crippen molar-refractivity contribution in [3.05, 3.63) is 0 Å². The van der Waals surface area contributed by atoms with Gasteiger partial charge < -0.3 is 10.5 Å². The van der Waals surface area contributed by atoms with E-state index in [9.17, 15) is 4.79 Å². The summed E-state index contributed by atoms with van der Waals surface area (Å²) in [6, 6.07) is 0. The Bertz CT molecular complexity index is 272. The average molecular weight is 297 g/mol. The van der Waals surface area contributed by atoms with Gasteiger partial charge in [0.2, 0.25) is 0 Å². The molecule has 0 spiro atoms. The maximum Gasteiger partial charge on any atom is 0.326 e. The average Bonchev–Trinajstić information content (AvgIpc) is 2.92. The molecule has 0 aromatic heterocycles. The summed E-state index contributed by atoms with van der Waals surface area (Å²) >= 11 is 0. The molecule has 1 saturated carbocycles. The van der Waals surface area contributed by atoms with Gasteiger partial charge in [0, 0.05) is 0 Å². The van der Waals surface area contributed by atoms with Crippen LogP contribution in [-0.4, -0.2) is 18.1 Å². The molecule has 0 saturated heterocycles. The van der Waals surface area contributed by atoms with Crippen LogP contribution in [0.5, 0.6) is 0 Å². The third-order valence-electron chi connectivity index (χ3n) is 4.63. The van der Waals surface area contributed by atoms with Gasteiger partial charge >= 0.3 is 5.97 Å². The number of esters is 1. The third kappa shape index (κ3) is 7.85. The zero-order valence-electron chi connectivity index (χ0n) is 14.0. The monoisotopic (exact) mass is 297 g/mol. The molecule has 0 aliphatic heterocycles. The van der Waals surface area contributed by atoms with Crippen molar-refractivity contribution < 1.29 is 9.53 Å². The first kappa shape index (κ1) is 18.5. The fourth-order valence-electron chi connectivity index (χ4n) is 3.11. The van der Waals surface area contributed by atoms with E-state index in [1.807, 2.05) is 0 Å². The quantitative estimate of drug-likeness (QED) is 0.419. The Balaban J connectivity index is 1.85. The first-order chi connectivity index (χ1) is 10.2. The molecule has 0 amide bonds. The summed E-state index contributed by atoms with van der Waals surface area (Å²) in [6.45, 7) is 2.81. The maximum atomic E-state index is 11.9. The molecule has 0 unspecified atom stereocenters. The van der Waals surface area contributed by atoms with E-state index in [4.69, 9.17) is 10.5 Å². The summed E-state index contributed by atoms with van der Waals surface area (Å²) in [5.74, 6) is -0.170. The molecule has 124 valence electrons. The van der Waals surface area contributed by atoms with Crippen LogP contribution in [0.3, 0.4) is 0 Å². The predicted molar refractivity (Wildman–Crippen MR) is 88.2 cm³/mol. The van der Waals surface area contributed by atoms with Crippen LogP contribution >= 0.6 is 0 Å². The van der Waals surface area contributed by atoms with E-state index in [0.717, 1.165) is 32.1 Å². The summed E-state index contributed by atoms with van der Waals surface area (Å²) in [5, 5.41) is 0. The van der Waals surface area contributed by atoms with Gasteiger partial charge in [-0.2, -0.15) is 0 Å². The van der Waals surface area contributed by atoms with Crippen LogP contribution in [0.2, 0.25) is 0 Å². The lowest BCUT2D eigenvalue weighted by atomic mass is 10.00. The maximum absolute atomic E-state index is 11.9. The Hall–Kier alpha value is -0.570. The normalized spacial score (nSPS) is 17.0. The fourth-order valence-corrected chi connectivity index (χ4v) is 3.11. The number of hydrogen-bond donors (Lipinski definition) is 1. The Morgan fingerprint density at radius 3 is 1.90 bits per heavy atom. The molecule has 1 fully saturated rings. The van der Waals surface area contributed by atoms with Gasteiger partial charge in [0.05, 0.1) is 6.61 Å². The molecule has 0 aromatic carbocycles. The second-order valence-corrected chi connectivity index (χ2v) is 6.68. The molecule has 0 radical (unpaired) electrons. The van der Waals surface area contributed by atoms with Gasteiger partial charge in [-0.25, -0.2) is 0 Å². The van der Waals surface area contributed by atoms with Crippen molar-refractivity contribution in [3.8, 4) is 0 Å². The van der Waals surface area contributed by atoms with E-state index >= 15 is 0 Å². The van der Waals surface area contributed by atoms with Crippen LogP contribution in [0.15, 0.2) is 0 Å². The first-order valence-corrected chi connectivity index (χ1v) is 9.15. The summed E-state index contributed by atoms with van der Waals surface area (Å²) < 4.78 is 5.34. The van der Waals surface area contributed by atoms with E-state index in [2.05, 4.69) is 6.92 Å². The topological polar surface area (TPSA) is 52.3 Å². The summed E-state index contributed by atoms with van der Waals surface area (Å²) in [4.78, 5) is 11.9. The highest BCUT2D eigenvalue weighted by Crippen LogP contribution is 2.28. The van der Waals surface area contributed by atoms with Crippen molar-refractivity contribution in [1.29, 1.82) is 0 Å². The molecule has 1 aliphatic rings. The fraction of sp³-hybridized carbons (Fsp3) is 0.944. The molecule has 0 aromatic rings. The van der Waals surface area contributed by atoms with Crippen LogP contribution in [0.4, 0.5) is 0 Å². The van der Waals surface area contributed by atoms with Crippen molar-refractivity contribution in [2.24, 2.45) is 5.73 Å². The van der Waals surface area contributed by atoms with Gasteiger partial charge in [-0.1, -0.05) is 77.6 Å². The lowest BCUT2D eigenvalue weighted by molar-refractivity contribution is -0.150. The molecule has 2 N–H and O–H groups in total. The minimum Gasteiger partial charge on any atom is -0.464 e. The van der Waals surface area contributed by atoms with Gasteiger partial charge in [-0.15, -0.1) is 0 Å². The molecule has 3 nitrogen and oxygen atoms in total. The van der Waals surface area contributed by atoms with E-state index in [-0.39, 0.29) is 5.97 Å². The molecule has 1 rings (SSSR count). The van der Waals surface area contributed by atoms with Gasteiger partial charge in [0.25, 0.3) is 0 Å². The zero-order chi connectivity index (χ0) is 15.4. The lowest BCUT2D eigenvalue weighted by Gasteiger charge is -2.20. The number of carbonyl (C=O) groups excluding carboxylic acids is 1. The van der Waals surface area contributed by atoms with Crippen LogP contribution in [0.1, 0.15) is 96.8 Å². The standard InChI is InChI=1S/C18H35NO2/c1-2-3-4-5-6-7-8-9-10-13-16-21-17(20)18(19)14-11-12-15-18/h2-16,19H2,1H3. The second kappa shape index (κ2) is 11.1. The molecule has 0 atom stereocenters. The molecule has 0 heterocycles. The molecule has 21 heavy (non-hydrogen) atoms. The van der Waals surface area contributed by atoms with Crippen molar-refractivity contribution in [3.63, 3.8) is 0 Å². The summed E-state index contributed by atoms with van der Waals surface area (Å²) in [6.07, 6.45) is 16.7. The van der Waals surface area contributed by atoms with E-state index in [0.29, 0.717) is 6.61 Å². The Kier molecular flexibility index (Phi) is 9.73. The Labute approximate surface area is 131 Å². The molecule has 1 aliphatic carbocycles. The van der Waals surface area contributed by atoms with Crippen LogP contribution in [0.25, 0.3) is 0 Å². The highest BCUT2D eigenvalue weighted by molar-refractivity contribution is 5.80. The van der Waals surface area contributed by atoms with Gasteiger partial charge in [0.1, 0.15) is 5.54 Å². The number of ether oxygens (including phenoxy) is 1. The van der Waals surface area contributed by atoms with Crippen molar-refractivity contribution in [2.45, 2.75) is 102 Å². The number of unbranched alkanes of at least 4 members (excludes halogenated alkanes) is 9. The van der Waals surface area contributed by atoms with Crippen LogP contribution in [-0.2, 0) is 9.53 Å². The number of hydrogen-bond acceptors (Lipinski definition) is 3. The van der Waals surface area contributed by atoms with Crippen LogP contribution < -0.4 is 5.73 Å². The molecule has 3 heteroatoms. The van der Waals surface area contributed by atoms with Gasteiger partial charge in [-0.3, -0.25) is 4.79 Å². The van der Waals surface area contributed by atoms with Gasteiger partial charge in [-0.05, 0) is 19.3 Å². The van der Waals surface area contributed by atoms with Crippen molar-refractivity contribution >= 4 is 5.97 Å². The largest absolute Gasteiger partial charge is 0.464 e. The minimum absolute atomic E-state index is 0.170. The summed E-state index contributed by atoms with van der Waals surface area (Å²) in [5.41, 5.74) is 5.39. The van der Waals surface area contributed by atoms with Gasteiger partial charge in [0.15, 0.2) is 0 Å². The zero-order valence-corrected chi connectivity index (χ0v) is 14.0.